The normalized spacial score (nSPS) is 18.9. The molecule has 4 heterocycles. The van der Waals surface area contributed by atoms with Gasteiger partial charge in [0.25, 0.3) is 0 Å². The highest BCUT2D eigenvalue weighted by Gasteiger charge is 2.37. The molecule has 1 atom stereocenters. The first-order chi connectivity index (χ1) is 11.0. The maximum absolute atomic E-state index is 10.5. The molecule has 0 aliphatic carbocycles. The van der Waals surface area contributed by atoms with Gasteiger partial charge in [-0.2, -0.15) is 0 Å². The fourth-order valence-electron chi connectivity index (χ4n) is 3.47. The summed E-state index contributed by atoms with van der Waals surface area (Å²) in [5.41, 5.74) is 1.16. The van der Waals surface area contributed by atoms with Crippen LogP contribution in [-0.4, -0.2) is 38.2 Å². The van der Waals surface area contributed by atoms with Crippen LogP contribution in [0.1, 0.15) is 26.7 Å². The summed E-state index contributed by atoms with van der Waals surface area (Å²) in [5.74, 6) is 0.915. The van der Waals surface area contributed by atoms with Crippen LogP contribution in [0.2, 0.25) is 0 Å². The summed E-state index contributed by atoms with van der Waals surface area (Å²) in [6, 6.07) is 6.34. The fraction of sp³-hybridized carbons (Fsp3) is 0.412. The molecule has 1 aliphatic rings. The number of rotatable bonds is 3. The zero-order valence-corrected chi connectivity index (χ0v) is 14.1. The van der Waals surface area contributed by atoms with Crippen LogP contribution in [0.15, 0.2) is 29.9 Å². The lowest BCUT2D eigenvalue weighted by molar-refractivity contribution is 0.0533. The van der Waals surface area contributed by atoms with E-state index in [-0.39, 0.29) is 6.04 Å². The largest absolute Gasteiger partial charge is 0.388 e. The fourth-order valence-corrected chi connectivity index (χ4v) is 4.17. The molecule has 6 heteroatoms. The molecule has 2 N–H and O–H groups in total. The Morgan fingerprint density at radius 2 is 2.26 bits per heavy atom. The second kappa shape index (κ2) is 5.32. The van der Waals surface area contributed by atoms with Gasteiger partial charge in [0, 0.05) is 6.54 Å². The Balaban J connectivity index is 1.81. The van der Waals surface area contributed by atoms with Gasteiger partial charge in [-0.15, -0.1) is 11.3 Å². The SMILES string of the molecule is CC(C)(O)[C@H]1CCCN1c1ncnc2[nH]c(-c3cccs3)cc12. The Labute approximate surface area is 139 Å². The molecule has 120 valence electrons. The lowest BCUT2D eigenvalue weighted by Crippen LogP contribution is -2.46. The van der Waals surface area contributed by atoms with Crippen molar-refractivity contribution in [3.63, 3.8) is 0 Å². The molecule has 3 aromatic heterocycles. The van der Waals surface area contributed by atoms with Crippen molar-refractivity contribution in [2.24, 2.45) is 0 Å². The van der Waals surface area contributed by atoms with Crippen LogP contribution in [-0.2, 0) is 0 Å². The zero-order chi connectivity index (χ0) is 16.0. The van der Waals surface area contributed by atoms with E-state index >= 15 is 0 Å². The van der Waals surface area contributed by atoms with Crippen LogP contribution >= 0.6 is 11.3 Å². The van der Waals surface area contributed by atoms with E-state index in [1.54, 1.807) is 17.7 Å². The predicted molar refractivity (Wildman–Crippen MR) is 93.9 cm³/mol. The lowest BCUT2D eigenvalue weighted by atomic mass is 9.96. The predicted octanol–water partition coefficient (Wildman–Crippen LogP) is 3.43. The van der Waals surface area contributed by atoms with Gasteiger partial charge in [-0.05, 0) is 44.2 Å². The molecule has 1 aliphatic heterocycles. The van der Waals surface area contributed by atoms with Crippen molar-refractivity contribution in [1.82, 2.24) is 15.0 Å². The number of fused-ring (bicyclic) bond motifs is 1. The first-order valence-corrected chi connectivity index (χ1v) is 8.78. The number of aliphatic hydroxyl groups is 1. The second-order valence-electron chi connectivity index (χ2n) is 6.62. The molecule has 0 amide bonds. The number of nitrogens with one attached hydrogen (secondary N) is 1. The summed E-state index contributed by atoms with van der Waals surface area (Å²) in [7, 11) is 0. The van der Waals surface area contributed by atoms with Crippen molar-refractivity contribution in [2.45, 2.75) is 38.3 Å². The van der Waals surface area contributed by atoms with E-state index in [0.717, 1.165) is 41.9 Å². The summed E-state index contributed by atoms with van der Waals surface area (Å²) in [4.78, 5) is 15.7. The third-order valence-electron chi connectivity index (χ3n) is 4.53. The molecule has 0 saturated carbocycles. The van der Waals surface area contributed by atoms with E-state index in [2.05, 4.69) is 37.4 Å². The van der Waals surface area contributed by atoms with E-state index in [1.165, 1.54) is 4.88 Å². The Morgan fingerprint density at radius 3 is 3.00 bits per heavy atom. The van der Waals surface area contributed by atoms with Crippen LogP contribution in [0.3, 0.4) is 0 Å². The van der Waals surface area contributed by atoms with Crippen molar-refractivity contribution >= 4 is 28.2 Å². The molecule has 1 fully saturated rings. The maximum Gasteiger partial charge on any atom is 0.143 e. The third kappa shape index (κ3) is 2.52. The number of thiophene rings is 1. The molecular formula is C17H20N4OS. The first-order valence-electron chi connectivity index (χ1n) is 7.90. The summed E-state index contributed by atoms with van der Waals surface area (Å²) < 4.78 is 0. The number of hydrogen-bond acceptors (Lipinski definition) is 5. The quantitative estimate of drug-likeness (QED) is 0.773. The molecule has 23 heavy (non-hydrogen) atoms. The van der Waals surface area contributed by atoms with Crippen molar-refractivity contribution in [3.8, 4) is 10.6 Å². The Hall–Kier alpha value is -1.92. The third-order valence-corrected chi connectivity index (χ3v) is 5.43. The maximum atomic E-state index is 10.5. The molecule has 1 saturated heterocycles. The Morgan fingerprint density at radius 1 is 1.39 bits per heavy atom. The summed E-state index contributed by atoms with van der Waals surface area (Å²) in [6.07, 6.45) is 3.66. The minimum atomic E-state index is -0.749. The minimum Gasteiger partial charge on any atom is -0.388 e. The van der Waals surface area contributed by atoms with Gasteiger partial charge in [-0.3, -0.25) is 0 Å². The zero-order valence-electron chi connectivity index (χ0n) is 13.3. The number of anilines is 1. The first kappa shape index (κ1) is 14.7. The number of hydrogen-bond donors (Lipinski definition) is 2. The highest BCUT2D eigenvalue weighted by atomic mass is 32.1. The van der Waals surface area contributed by atoms with Gasteiger partial charge in [0.1, 0.15) is 17.8 Å². The van der Waals surface area contributed by atoms with Crippen molar-refractivity contribution < 1.29 is 5.11 Å². The van der Waals surface area contributed by atoms with Crippen LogP contribution in [0.5, 0.6) is 0 Å². The second-order valence-corrected chi connectivity index (χ2v) is 7.57. The molecule has 0 radical (unpaired) electrons. The van der Waals surface area contributed by atoms with E-state index in [1.807, 2.05) is 19.9 Å². The van der Waals surface area contributed by atoms with Crippen molar-refractivity contribution in [2.75, 3.05) is 11.4 Å². The smallest absolute Gasteiger partial charge is 0.143 e. The van der Waals surface area contributed by atoms with Gasteiger partial charge < -0.3 is 15.0 Å². The van der Waals surface area contributed by atoms with Gasteiger partial charge in [0.2, 0.25) is 0 Å². The molecule has 3 aromatic rings. The molecule has 0 unspecified atom stereocenters. The van der Waals surface area contributed by atoms with E-state index in [4.69, 9.17) is 0 Å². The number of nitrogens with zero attached hydrogens (tertiary/aromatic N) is 3. The summed E-state index contributed by atoms with van der Waals surface area (Å²) in [5, 5.41) is 13.6. The van der Waals surface area contributed by atoms with Crippen LogP contribution < -0.4 is 4.90 Å². The summed E-state index contributed by atoms with van der Waals surface area (Å²) >= 11 is 1.70. The average Bonchev–Trinajstić information content (AvgIpc) is 3.24. The topological polar surface area (TPSA) is 65.0 Å². The van der Waals surface area contributed by atoms with Gasteiger partial charge in [-0.1, -0.05) is 6.07 Å². The van der Waals surface area contributed by atoms with Crippen LogP contribution in [0, 0.1) is 0 Å². The molecular weight excluding hydrogens is 308 g/mol. The number of H-pyrrole nitrogens is 1. The highest BCUT2D eigenvalue weighted by molar-refractivity contribution is 7.13. The van der Waals surface area contributed by atoms with Gasteiger partial charge >= 0.3 is 0 Å². The highest BCUT2D eigenvalue weighted by Crippen LogP contribution is 2.36. The standard InChI is InChI=1S/C17H20N4OS/c1-17(2,22)14-6-3-7-21(14)16-11-9-12(13-5-4-8-23-13)20-15(11)18-10-19-16/h4-5,8-10,14,22H,3,6-7H2,1-2H3,(H,18,19,20)/t14-/m1/s1. The van der Waals surface area contributed by atoms with Gasteiger partial charge in [0.15, 0.2) is 0 Å². The number of aromatic nitrogens is 3. The molecule has 0 aromatic carbocycles. The van der Waals surface area contributed by atoms with Crippen molar-refractivity contribution in [1.29, 1.82) is 0 Å². The van der Waals surface area contributed by atoms with Crippen LogP contribution in [0.4, 0.5) is 5.82 Å². The lowest BCUT2D eigenvalue weighted by Gasteiger charge is -2.34. The molecule has 0 bridgehead atoms. The summed E-state index contributed by atoms with van der Waals surface area (Å²) in [6.45, 7) is 4.67. The van der Waals surface area contributed by atoms with Gasteiger partial charge in [0.05, 0.1) is 27.6 Å². The monoisotopic (exact) mass is 328 g/mol. The minimum absolute atomic E-state index is 0.0840. The van der Waals surface area contributed by atoms with E-state index in [9.17, 15) is 5.11 Å². The number of aromatic amines is 1. The van der Waals surface area contributed by atoms with E-state index < -0.39 is 5.60 Å². The van der Waals surface area contributed by atoms with Crippen LogP contribution in [0.25, 0.3) is 21.6 Å². The van der Waals surface area contributed by atoms with E-state index in [0.29, 0.717) is 0 Å². The van der Waals surface area contributed by atoms with Crippen molar-refractivity contribution in [3.05, 3.63) is 29.9 Å². The average molecular weight is 328 g/mol. The molecule has 4 rings (SSSR count). The Kier molecular flexibility index (Phi) is 3.39. The Bertz CT molecular complexity index is 819. The van der Waals surface area contributed by atoms with Gasteiger partial charge in [-0.25, -0.2) is 9.97 Å². The molecule has 5 nitrogen and oxygen atoms in total. The molecule has 0 spiro atoms.